The standard InChI is InChI=1S/C7H12N2/c1-3-7(2)4-9(5-7)6-8/h3-5H2,1-2H3. The molecule has 0 aromatic rings. The van der Waals surface area contributed by atoms with Crippen LogP contribution in [0.1, 0.15) is 20.3 Å². The average Bonchev–Trinajstić information content (AvgIpc) is 1.81. The van der Waals surface area contributed by atoms with Gasteiger partial charge in [0.1, 0.15) is 0 Å². The molecule has 0 amide bonds. The van der Waals surface area contributed by atoms with E-state index < -0.39 is 0 Å². The van der Waals surface area contributed by atoms with Gasteiger partial charge in [-0.2, -0.15) is 5.26 Å². The summed E-state index contributed by atoms with van der Waals surface area (Å²) in [6.45, 7) is 6.32. The van der Waals surface area contributed by atoms with E-state index in [1.165, 1.54) is 6.42 Å². The first-order valence-corrected chi connectivity index (χ1v) is 3.35. The Morgan fingerprint density at radius 3 is 2.56 bits per heavy atom. The van der Waals surface area contributed by atoms with Crippen LogP contribution in [-0.2, 0) is 0 Å². The lowest BCUT2D eigenvalue weighted by molar-refractivity contribution is 0.0626. The maximum Gasteiger partial charge on any atom is 0.179 e. The Bertz CT molecular complexity index is 139. The van der Waals surface area contributed by atoms with Gasteiger partial charge in [-0.15, -0.1) is 0 Å². The Hall–Kier alpha value is -0.710. The Morgan fingerprint density at radius 1 is 1.67 bits per heavy atom. The van der Waals surface area contributed by atoms with Crippen molar-refractivity contribution in [1.29, 1.82) is 5.26 Å². The van der Waals surface area contributed by atoms with Crippen molar-refractivity contribution in [3.63, 3.8) is 0 Å². The van der Waals surface area contributed by atoms with E-state index in [1.807, 2.05) is 0 Å². The molecule has 1 aliphatic rings. The van der Waals surface area contributed by atoms with Crippen molar-refractivity contribution >= 4 is 0 Å². The summed E-state index contributed by atoms with van der Waals surface area (Å²) < 4.78 is 0. The lowest BCUT2D eigenvalue weighted by Gasteiger charge is -2.44. The topological polar surface area (TPSA) is 27.0 Å². The van der Waals surface area contributed by atoms with Gasteiger partial charge in [-0.05, 0) is 6.42 Å². The fourth-order valence-corrected chi connectivity index (χ4v) is 1.17. The van der Waals surface area contributed by atoms with E-state index in [1.54, 1.807) is 4.90 Å². The lowest BCUT2D eigenvalue weighted by atomic mass is 9.80. The summed E-state index contributed by atoms with van der Waals surface area (Å²) in [5.41, 5.74) is 0.440. The van der Waals surface area contributed by atoms with Gasteiger partial charge in [-0.1, -0.05) is 13.8 Å². The molecule has 0 unspecified atom stereocenters. The summed E-state index contributed by atoms with van der Waals surface area (Å²) in [6.07, 6.45) is 3.31. The highest BCUT2D eigenvalue weighted by Gasteiger charge is 2.36. The Balaban J connectivity index is 2.34. The molecule has 0 spiro atoms. The van der Waals surface area contributed by atoms with E-state index in [2.05, 4.69) is 20.0 Å². The quantitative estimate of drug-likeness (QED) is 0.491. The van der Waals surface area contributed by atoms with E-state index >= 15 is 0 Å². The first kappa shape index (κ1) is 6.41. The molecule has 1 saturated heterocycles. The molecule has 0 saturated carbocycles. The minimum Gasteiger partial charge on any atom is -0.309 e. The van der Waals surface area contributed by atoms with Crippen molar-refractivity contribution in [2.24, 2.45) is 5.41 Å². The maximum atomic E-state index is 8.39. The van der Waals surface area contributed by atoms with Crippen LogP contribution in [0.25, 0.3) is 0 Å². The zero-order chi connectivity index (χ0) is 6.91. The van der Waals surface area contributed by atoms with Crippen LogP contribution >= 0.6 is 0 Å². The Morgan fingerprint density at radius 2 is 2.22 bits per heavy atom. The van der Waals surface area contributed by atoms with Crippen LogP contribution in [0.4, 0.5) is 0 Å². The molecule has 2 heteroatoms. The molecule has 0 aromatic heterocycles. The van der Waals surface area contributed by atoms with Gasteiger partial charge in [0, 0.05) is 18.5 Å². The average molecular weight is 124 g/mol. The van der Waals surface area contributed by atoms with E-state index in [-0.39, 0.29) is 0 Å². The van der Waals surface area contributed by atoms with Gasteiger partial charge in [0.15, 0.2) is 6.19 Å². The third-order valence-electron chi connectivity index (χ3n) is 2.14. The summed E-state index contributed by atoms with van der Waals surface area (Å²) in [5, 5.41) is 8.39. The molecule has 1 aliphatic heterocycles. The second-order valence-electron chi connectivity index (χ2n) is 3.12. The smallest absolute Gasteiger partial charge is 0.179 e. The molecule has 0 bridgehead atoms. The predicted molar refractivity (Wildman–Crippen MR) is 35.6 cm³/mol. The van der Waals surface area contributed by atoms with E-state index in [9.17, 15) is 0 Å². The van der Waals surface area contributed by atoms with Crippen LogP contribution in [0.15, 0.2) is 0 Å². The largest absolute Gasteiger partial charge is 0.309 e. The number of hydrogen-bond donors (Lipinski definition) is 0. The first-order valence-electron chi connectivity index (χ1n) is 3.35. The van der Waals surface area contributed by atoms with Gasteiger partial charge in [0.05, 0.1) is 0 Å². The number of likely N-dealkylation sites (tertiary alicyclic amines) is 1. The van der Waals surface area contributed by atoms with Gasteiger partial charge >= 0.3 is 0 Å². The molecule has 2 nitrogen and oxygen atoms in total. The fourth-order valence-electron chi connectivity index (χ4n) is 1.17. The number of nitrogens with zero attached hydrogens (tertiary/aromatic N) is 2. The zero-order valence-corrected chi connectivity index (χ0v) is 6.02. The predicted octanol–water partition coefficient (Wildman–Crippen LogP) is 1.20. The third kappa shape index (κ3) is 0.999. The van der Waals surface area contributed by atoms with Crippen LogP contribution in [0.5, 0.6) is 0 Å². The highest BCUT2D eigenvalue weighted by atomic mass is 15.2. The van der Waals surface area contributed by atoms with Crippen molar-refractivity contribution in [2.45, 2.75) is 20.3 Å². The molecular weight excluding hydrogens is 112 g/mol. The van der Waals surface area contributed by atoms with Crippen molar-refractivity contribution in [2.75, 3.05) is 13.1 Å². The maximum absolute atomic E-state index is 8.39. The SMILES string of the molecule is CCC1(C)CN(C#N)C1. The van der Waals surface area contributed by atoms with Gasteiger partial charge < -0.3 is 4.90 Å². The Kier molecular flexibility index (Phi) is 1.36. The zero-order valence-electron chi connectivity index (χ0n) is 6.02. The fraction of sp³-hybridized carbons (Fsp3) is 0.857. The number of hydrogen-bond acceptors (Lipinski definition) is 2. The summed E-state index contributed by atoms with van der Waals surface area (Å²) >= 11 is 0. The minimum absolute atomic E-state index is 0.440. The number of rotatable bonds is 1. The second kappa shape index (κ2) is 1.91. The summed E-state index contributed by atoms with van der Waals surface area (Å²) in [6, 6.07) is 0. The molecule has 0 aromatic carbocycles. The first-order chi connectivity index (χ1) is 4.20. The van der Waals surface area contributed by atoms with Gasteiger partial charge in [0.25, 0.3) is 0 Å². The molecule has 0 radical (unpaired) electrons. The highest BCUT2D eigenvalue weighted by molar-refractivity contribution is 4.96. The molecule has 0 N–H and O–H groups in total. The van der Waals surface area contributed by atoms with Crippen molar-refractivity contribution in [1.82, 2.24) is 4.90 Å². The number of nitriles is 1. The molecule has 0 atom stereocenters. The van der Waals surface area contributed by atoms with Crippen LogP contribution in [0.2, 0.25) is 0 Å². The second-order valence-corrected chi connectivity index (χ2v) is 3.12. The van der Waals surface area contributed by atoms with E-state index in [0.29, 0.717) is 5.41 Å². The lowest BCUT2D eigenvalue weighted by Crippen LogP contribution is -2.51. The van der Waals surface area contributed by atoms with Gasteiger partial charge in [-0.25, -0.2) is 0 Å². The Labute approximate surface area is 56.1 Å². The van der Waals surface area contributed by atoms with Gasteiger partial charge in [-0.3, -0.25) is 0 Å². The molecule has 0 aliphatic carbocycles. The van der Waals surface area contributed by atoms with E-state index in [0.717, 1.165) is 13.1 Å². The minimum atomic E-state index is 0.440. The molecule has 1 heterocycles. The molecular formula is C7H12N2. The van der Waals surface area contributed by atoms with Crippen molar-refractivity contribution in [3.05, 3.63) is 0 Å². The molecule has 50 valence electrons. The van der Waals surface area contributed by atoms with E-state index in [4.69, 9.17) is 5.26 Å². The van der Waals surface area contributed by atoms with Crippen molar-refractivity contribution in [3.8, 4) is 6.19 Å². The molecule has 1 fully saturated rings. The summed E-state index contributed by atoms with van der Waals surface area (Å²) in [4.78, 5) is 1.80. The van der Waals surface area contributed by atoms with Crippen molar-refractivity contribution < 1.29 is 0 Å². The molecule has 9 heavy (non-hydrogen) atoms. The van der Waals surface area contributed by atoms with Crippen LogP contribution in [0.3, 0.4) is 0 Å². The molecule has 1 rings (SSSR count). The summed E-state index contributed by atoms with van der Waals surface area (Å²) in [5.74, 6) is 0. The highest BCUT2D eigenvalue weighted by Crippen LogP contribution is 2.31. The monoisotopic (exact) mass is 124 g/mol. The third-order valence-corrected chi connectivity index (χ3v) is 2.14. The van der Waals surface area contributed by atoms with Crippen LogP contribution < -0.4 is 0 Å². The van der Waals surface area contributed by atoms with Crippen LogP contribution in [0, 0.1) is 16.9 Å². The van der Waals surface area contributed by atoms with Crippen LogP contribution in [-0.4, -0.2) is 18.0 Å². The normalized spacial score (nSPS) is 22.6. The van der Waals surface area contributed by atoms with Gasteiger partial charge in [0.2, 0.25) is 0 Å². The summed E-state index contributed by atoms with van der Waals surface area (Å²) in [7, 11) is 0.